The van der Waals surface area contributed by atoms with E-state index in [1.807, 2.05) is 4.90 Å². The largest absolute Gasteiger partial charge is 0.352 e. The van der Waals surface area contributed by atoms with E-state index >= 15 is 0 Å². The van der Waals surface area contributed by atoms with Crippen LogP contribution in [0.4, 0.5) is 8.78 Å². The zero-order chi connectivity index (χ0) is 20.4. The van der Waals surface area contributed by atoms with E-state index in [1.165, 1.54) is 12.1 Å². The van der Waals surface area contributed by atoms with E-state index in [4.69, 9.17) is 0 Å². The Kier molecular flexibility index (Phi) is 6.13. The lowest BCUT2D eigenvalue weighted by molar-refractivity contribution is -0.134. The molecule has 7 heteroatoms. The van der Waals surface area contributed by atoms with Crippen LogP contribution in [0, 0.1) is 23.5 Å². The minimum Gasteiger partial charge on any atom is -0.352 e. The fraction of sp³-hybridized carbons (Fsp3) is 0.636. The molecule has 5 nitrogen and oxygen atoms in total. The summed E-state index contributed by atoms with van der Waals surface area (Å²) in [5.41, 5.74) is 0.165. The monoisotopic (exact) mass is 405 g/mol. The zero-order valence-electron chi connectivity index (χ0n) is 16.7. The van der Waals surface area contributed by atoms with E-state index in [2.05, 4.69) is 10.2 Å². The molecule has 2 aliphatic heterocycles. The summed E-state index contributed by atoms with van der Waals surface area (Å²) < 4.78 is 27.1. The first kappa shape index (κ1) is 20.3. The summed E-state index contributed by atoms with van der Waals surface area (Å²) in [6.07, 6.45) is 5.77. The molecule has 2 saturated heterocycles. The maximum absolute atomic E-state index is 13.8. The summed E-state index contributed by atoms with van der Waals surface area (Å²) in [6.45, 7) is 3.29. The van der Waals surface area contributed by atoms with Gasteiger partial charge in [0.2, 0.25) is 11.8 Å². The predicted octanol–water partition coefficient (Wildman–Crippen LogP) is 2.69. The molecule has 0 unspecified atom stereocenters. The lowest BCUT2D eigenvalue weighted by atomic mass is 9.93. The third-order valence-corrected chi connectivity index (χ3v) is 6.53. The number of carbonyl (C=O) groups is 2. The number of nitrogens with one attached hydrogen (secondary N) is 1. The molecule has 3 aliphatic rings. The van der Waals surface area contributed by atoms with Gasteiger partial charge in [-0.05, 0) is 51.1 Å². The second-order valence-corrected chi connectivity index (χ2v) is 8.60. The summed E-state index contributed by atoms with van der Waals surface area (Å²) in [4.78, 5) is 29.2. The number of carbonyl (C=O) groups excluding carboxylic acids is 2. The van der Waals surface area contributed by atoms with Gasteiger partial charge in [0.1, 0.15) is 0 Å². The molecule has 0 spiro atoms. The molecule has 1 N–H and O–H groups in total. The second kappa shape index (κ2) is 8.78. The number of amides is 2. The van der Waals surface area contributed by atoms with Crippen molar-refractivity contribution in [2.75, 3.05) is 26.2 Å². The average molecular weight is 405 g/mol. The van der Waals surface area contributed by atoms with E-state index in [0.717, 1.165) is 64.2 Å². The number of hydrogen-bond acceptors (Lipinski definition) is 3. The Bertz CT molecular complexity index is 760. The van der Waals surface area contributed by atoms with Crippen molar-refractivity contribution in [1.82, 2.24) is 15.1 Å². The lowest BCUT2D eigenvalue weighted by Gasteiger charge is -2.42. The van der Waals surface area contributed by atoms with Gasteiger partial charge in [-0.2, -0.15) is 0 Å². The number of rotatable bonds is 5. The van der Waals surface area contributed by atoms with Crippen molar-refractivity contribution < 1.29 is 18.4 Å². The quantitative estimate of drug-likeness (QED) is 0.820. The minimum absolute atomic E-state index is 0.000589. The SMILES string of the molecule is O=C(NCc1cccc(F)c1F)[C@@H]1CCCN(C2CCN(C(=O)C3CC3)CC2)C1. The summed E-state index contributed by atoms with van der Waals surface area (Å²) in [7, 11) is 0. The molecular formula is C22H29F2N3O2. The van der Waals surface area contributed by atoms with Crippen LogP contribution in [0.1, 0.15) is 44.1 Å². The molecule has 0 aromatic heterocycles. The molecule has 158 valence electrons. The summed E-state index contributed by atoms with van der Waals surface area (Å²) in [5.74, 6) is -1.43. The highest BCUT2D eigenvalue weighted by Gasteiger charge is 2.37. The van der Waals surface area contributed by atoms with Crippen molar-refractivity contribution >= 4 is 11.8 Å². The molecule has 1 aromatic carbocycles. The van der Waals surface area contributed by atoms with Crippen LogP contribution in [0.3, 0.4) is 0 Å². The fourth-order valence-electron chi connectivity index (χ4n) is 4.60. The number of likely N-dealkylation sites (tertiary alicyclic amines) is 2. The van der Waals surface area contributed by atoms with Gasteiger partial charge in [-0.15, -0.1) is 0 Å². The van der Waals surface area contributed by atoms with Crippen LogP contribution in [0.15, 0.2) is 18.2 Å². The Balaban J connectivity index is 1.26. The van der Waals surface area contributed by atoms with Gasteiger partial charge in [-0.3, -0.25) is 14.5 Å². The Hall–Kier alpha value is -2.02. The molecule has 1 atom stereocenters. The molecule has 4 rings (SSSR count). The van der Waals surface area contributed by atoms with E-state index in [1.54, 1.807) is 0 Å². The van der Waals surface area contributed by atoms with Crippen molar-refractivity contribution in [2.45, 2.75) is 51.1 Å². The van der Waals surface area contributed by atoms with E-state index < -0.39 is 11.6 Å². The van der Waals surface area contributed by atoms with Crippen LogP contribution >= 0.6 is 0 Å². The van der Waals surface area contributed by atoms with Crippen LogP contribution in [-0.4, -0.2) is 53.8 Å². The highest BCUT2D eigenvalue weighted by molar-refractivity contribution is 5.81. The maximum atomic E-state index is 13.8. The molecule has 1 saturated carbocycles. The van der Waals surface area contributed by atoms with Crippen LogP contribution < -0.4 is 5.32 Å². The second-order valence-electron chi connectivity index (χ2n) is 8.60. The first-order valence-electron chi connectivity index (χ1n) is 10.8. The summed E-state index contributed by atoms with van der Waals surface area (Å²) in [6, 6.07) is 4.42. The Morgan fingerprint density at radius 1 is 1.00 bits per heavy atom. The van der Waals surface area contributed by atoms with Crippen LogP contribution in [0.2, 0.25) is 0 Å². The summed E-state index contributed by atoms with van der Waals surface area (Å²) in [5, 5.41) is 2.78. The Morgan fingerprint density at radius 2 is 1.76 bits per heavy atom. The molecular weight excluding hydrogens is 376 g/mol. The number of hydrogen-bond donors (Lipinski definition) is 1. The van der Waals surface area contributed by atoms with E-state index in [0.29, 0.717) is 18.5 Å². The van der Waals surface area contributed by atoms with Gasteiger partial charge in [-0.1, -0.05) is 12.1 Å². The number of halogens is 2. The first-order chi connectivity index (χ1) is 14.0. The number of benzene rings is 1. The average Bonchev–Trinajstić information content (AvgIpc) is 3.60. The molecule has 29 heavy (non-hydrogen) atoms. The van der Waals surface area contributed by atoms with Crippen LogP contribution in [0.5, 0.6) is 0 Å². The first-order valence-corrected chi connectivity index (χ1v) is 10.8. The lowest BCUT2D eigenvalue weighted by Crippen LogP contribution is -2.51. The number of nitrogens with zero attached hydrogens (tertiary/aromatic N) is 2. The Labute approximate surface area is 170 Å². The van der Waals surface area contributed by atoms with Gasteiger partial charge < -0.3 is 10.2 Å². The molecule has 3 fully saturated rings. The zero-order valence-corrected chi connectivity index (χ0v) is 16.7. The van der Waals surface area contributed by atoms with Crippen molar-refractivity contribution in [3.05, 3.63) is 35.4 Å². The summed E-state index contributed by atoms with van der Waals surface area (Å²) >= 11 is 0. The van der Waals surface area contributed by atoms with Gasteiger partial charge in [0.05, 0.1) is 5.92 Å². The molecule has 0 radical (unpaired) electrons. The third-order valence-electron chi connectivity index (χ3n) is 6.53. The van der Waals surface area contributed by atoms with Crippen molar-refractivity contribution in [3.63, 3.8) is 0 Å². The van der Waals surface area contributed by atoms with E-state index in [-0.39, 0.29) is 29.9 Å². The standard InChI is InChI=1S/C22H29F2N3O2/c23-19-5-1-3-16(20(19)24)13-25-21(28)17-4-2-10-27(14-17)18-8-11-26(12-9-18)22(29)15-6-7-15/h1,3,5,15,17-18H,2,4,6-14H2,(H,25,28)/t17-/m1/s1. The highest BCUT2D eigenvalue weighted by atomic mass is 19.2. The van der Waals surface area contributed by atoms with Gasteiger partial charge in [0, 0.05) is 43.7 Å². The van der Waals surface area contributed by atoms with Crippen molar-refractivity contribution in [2.24, 2.45) is 11.8 Å². The van der Waals surface area contributed by atoms with Gasteiger partial charge in [0.15, 0.2) is 11.6 Å². The van der Waals surface area contributed by atoms with Crippen LogP contribution in [-0.2, 0) is 16.1 Å². The van der Waals surface area contributed by atoms with Crippen molar-refractivity contribution in [3.8, 4) is 0 Å². The van der Waals surface area contributed by atoms with Gasteiger partial charge in [0.25, 0.3) is 0 Å². The molecule has 1 aromatic rings. The fourth-order valence-corrected chi connectivity index (χ4v) is 4.60. The van der Waals surface area contributed by atoms with Gasteiger partial charge >= 0.3 is 0 Å². The van der Waals surface area contributed by atoms with Gasteiger partial charge in [-0.25, -0.2) is 8.78 Å². The number of piperidine rings is 2. The predicted molar refractivity (Wildman–Crippen MR) is 105 cm³/mol. The molecule has 1 aliphatic carbocycles. The Morgan fingerprint density at radius 3 is 2.48 bits per heavy atom. The van der Waals surface area contributed by atoms with Crippen molar-refractivity contribution in [1.29, 1.82) is 0 Å². The van der Waals surface area contributed by atoms with Crippen LogP contribution in [0.25, 0.3) is 0 Å². The minimum atomic E-state index is -0.898. The molecule has 0 bridgehead atoms. The third kappa shape index (κ3) is 4.77. The smallest absolute Gasteiger partial charge is 0.225 e. The maximum Gasteiger partial charge on any atom is 0.225 e. The molecule has 2 amide bonds. The highest BCUT2D eigenvalue weighted by Crippen LogP contribution is 2.32. The topological polar surface area (TPSA) is 52.7 Å². The normalized spacial score (nSPS) is 23.8. The molecule has 2 heterocycles. The van der Waals surface area contributed by atoms with E-state index in [9.17, 15) is 18.4 Å².